The zero-order valence-corrected chi connectivity index (χ0v) is 3.12. The molecule has 0 bridgehead atoms. The molecule has 0 N–H and O–H groups in total. The molecule has 0 aliphatic carbocycles. The van der Waals surface area contributed by atoms with Crippen LogP contribution in [0.1, 0.15) is 19.8 Å². The van der Waals surface area contributed by atoms with E-state index < -0.39 is 0 Å². The fourth-order valence-electron chi connectivity index (χ4n) is 0. The average molecular weight is 105 g/mol. The van der Waals surface area contributed by atoms with E-state index in [1.165, 1.54) is 6.42 Å². The molecule has 0 aliphatic heterocycles. The van der Waals surface area contributed by atoms with E-state index in [0.717, 1.165) is 6.42 Å². The maximum atomic E-state index is 3.60. The summed E-state index contributed by atoms with van der Waals surface area (Å²) < 4.78 is 0. The van der Waals surface area contributed by atoms with Gasteiger partial charge in [0.05, 0.1) is 0 Å². The summed E-state index contributed by atoms with van der Waals surface area (Å²) in [6.07, 6.45) is 2.28. The van der Waals surface area contributed by atoms with Gasteiger partial charge in [-0.05, 0) is 0 Å². The number of hydrogen-bond donors (Lipinski definition) is 0. The van der Waals surface area contributed by atoms with Crippen molar-refractivity contribution in [1.29, 1.82) is 0 Å². The van der Waals surface area contributed by atoms with Crippen LogP contribution in [0, 0.1) is 6.92 Å². The van der Waals surface area contributed by atoms with Crippen LogP contribution in [0.4, 0.5) is 0 Å². The Morgan fingerprint density at radius 2 is 1.50 bits per heavy atom. The van der Waals surface area contributed by atoms with Crippen molar-refractivity contribution in [3.63, 3.8) is 0 Å². The van der Waals surface area contributed by atoms with E-state index in [1.54, 1.807) is 0 Å². The molecule has 0 saturated carbocycles. The number of rotatable bonds is 1. The van der Waals surface area contributed by atoms with E-state index in [1.807, 2.05) is 0 Å². The number of hydrogen-bond acceptors (Lipinski definition) is 0. The van der Waals surface area contributed by atoms with Crippen LogP contribution in [-0.4, -0.2) is 59.1 Å². The Labute approximate surface area is 84.7 Å². The van der Waals surface area contributed by atoms with Crippen molar-refractivity contribution in [3.05, 3.63) is 6.92 Å². The maximum absolute atomic E-state index is 3.60. The second-order valence-corrected chi connectivity index (χ2v) is 0.854. The third kappa shape index (κ3) is 16.7. The van der Waals surface area contributed by atoms with Crippen LogP contribution >= 0.6 is 0 Å². The molecule has 1 radical (unpaired) electrons. The summed E-state index contributed by atoms with van der Waals surface area (Å²) in [5.74, 6) is 0. The Kier molecular flexibility index (Phi) is 41.2. The Hall–Kier alpha value is 2.00. The molecule has 6 heavy (non-hydrogen) atoms. The summed E-state index contributed by atoms with van der Waals surface area (Å²) in [6, 6.07) is 0. The van der Waals surface area contributed by atoms with Crippen LogP contribution in [0.5, 0.6) is 0 Å². The molecule has 0 rings (SSSR count). The predicted octanol–water partition coefficient (Wildman–Crippen LogP) is 0.324. The summed E-state index contributed by atoms with van der Waals surface area (Å²) in [5, 5.41) is 0. The first-order valence-electron chi connectivity index (χ1n) is 1.71. The first-order valence-corrected chi connectivity index (χ1v) is 1.71. The molecule has 2 heteroatoms. The zero-order valence-electron chi connectivity index (χ0n) is 3.12. The first-order chi connectivity index (χ1) is 1.91. The minimum atomic E-state index is 0. The number of unbranched alkanes of at least 4 members (excludes halogenated alkanes) is 1. The van der Waals surface area contributed by atoms with Gasteiger partial charge in [-0.2, -0.15) is 0 Å². The minimum absolute atomic E-state index is 0. The van der Waals surface area contributed by atoms with Crippen molar-refractivity contribution in [2.75, 3.05) is 0 Å². The van der Waals surface area contributed by atoms with Gasteiger partial charge in [0.1, 0.15) is 0 Å². The summed E-state index contributed by atoms with van der Waals surface area (Å²) in [4.78, 5) is 0. The van der Waals surface area contributed by atoms with E-state index in [0.29, 0.717) is 0 Å². The van der Waals surface area contributed by atoms with Gasteiger partial charge < -0.3 is 0 Å². The van der Waals surface area contributed by atoms with Gasteiger partial charge in [0.25, 0.3) is 0 Å². The first kappa shape index (κ1) is 15.7. The quantitative estimate of drug-likeness (QED) is 0.421. The molecule has 0 nitrogen and oxygen atoms in total. The van der Waals surface area contributed by atoms with Crippen LogP contribution < -0.4 is 0 Å². The molecule has 0 unspecified atom stereocenters. The molecule has 0 heterocycles. The van der Waals surface area contributed by atoms with Crippen molar-refractivity contribution in [2.45, 2.75) is 19.8 Å². The molecule has 0 aromatic carbocycles. The molecule has 0 spiro atoms. The van der Waals surface area contributed by atoms with Gasteiger partial charge >= 0.3 is 59.1 Å². The average Bonchev–Trinajstić information content (AvgIpc) is 1.37. The Morgan fingerprint density at radius 1 is 1.33 bits per heavy atom. The Bertz CT molecular complexity index is 7.51. The van der Waals surface area contributed by atoms with E-state index in [9.17, 15) is 0 Å². The molecule has 0 aromatic rings. The van der Waals surface area contributed by atoms with Crippen LogP contribution in [0.15, 0.2) is 0 Å². The molecule has 0 aliphatic rings. The molecule has 0 saturated heterocycles. The Balaban J connectivity index is -0.0000000450. The van der Waals surface area contributed by atoms with Gasteiger partial charge in [0, 0.05) is 0 Å². The molecular weight excluding hydrogens is 94.0 g/mol. The second kappa shape index (κ2) is 15.8. The summed E-state index contributed by atoms with van der Waals surface area (Å²) in [5.41, 5.74) is 0. The predicted molar refractivity (Wildman–Crippen MR) is 34.6 cm³/mol. The third-order valence-corrected chi connectivity index (χ3v) is 0.354. The molecular formula is C4H11Na2. The molecule has 0 amide bonds. The van der Waals surface area contributed by atoms with Crippen molar-refractivity contribution >= 4 is 59.1 Å². The van der Waals surface area contributed by atoms with Gasteiger partial charge in [-0.25, -0.2) is 0 Å². The van der Waals surface area contributed by atoms with Gasteiger partial charge in [-0.1, -0.05) is 26.7 Å². The Morgan fingerprint density at radius 3 is 1.50 bits per heavy atom. The zero-order chi connectivity index (χ0) is 3.41. The van der Waals surface area contributed by atoms with Gasteiger partial charge in [0.2, 0.25) is 0 Å². The van der Waals surface area contributed by atoms with Crippen molar-refractivity contribution in [1.82, 2.24) is 0 Å². The molecule has 29 valence electrons. The fraction of sp³-hybridized carbons (Fsp3) is 0.750. The SMILES string of the molecule is [CH2]CCC.[NaH].[NaH]. The van der Waals surface area contributed by atoms with Gasteiger partial charge in [0.15, 0.2) is 0 Å². The van der Waals surface area contributed by atoms with Crippen LogP contribution in [0.3, 0.4) is 0 Å². The van der Waals surface area contributed by atoms with Crippen molar-refractivity contribution < 1.29 is 0 Å². The van der Waals surface area contributed by atoms with Crippen LogP contribution in [0.25, 0.3) is 0 Å². The monoisotopic (exact) mass is 105 g/mol. The second-order valence-electron chi connectivity index (χ2n) is 0.854. The van der Waals surface area contributed by atoms with Crippen molar-refractivity contribution in [2.24, 2.45) is 0 Å². The summed E-state index contributed by atoms with van der Waals surface area (Å²) >= 11 is 0. The molecule has 0 atom stereocenters. The topological polar surface area (TPSA) is 0 Å². The fourth-order valence-corrected chi connectivity index (χ4v) is 0. The normalized spacial score (nSPS) is 5.00. The van der Waals surface area contributed by atoms with Gasteiger partial charge in [-0.15, -0.1) is 0 Å². The van der Waals surface area contributed by atoms with E-state index in [2.05, 4.69) is 13.8 Å². The molecule has 0 aromatic heterocycles. The van der Waals surface area contributed by atoms with E-state index >= 15 is 0 Å². The van der Waals surface area contributed by atoms with E-state index in [4.69, 9.17) is 0 Å². The van der Waals surface area contributed by atoms with Crippen LogP contribution in [0.2, 0.25) is 0 Å². The van der Waals surface area contributed by atoms with Crippen LogP contribution in [-0.2, 0) is 0 Å². The standard InChI is InChI=1S/C4H9.2Na.2H/c1-3-4-2;;;;/h1,3-4H2,2H3;;;;. The van der Waals surface area contributed by atoms with E-state index in [-0.39, 0.29) is 59.1 Å². The molecule has 0 fully saturated rings. The van der Waals surface area contributed by atoms with Crippen molar-refractivity contribution in [3.8, 4) is 0 Å². The van der Waals surface area contributed by atoms with Gasteiger partial charge in [-0.3, -0.25) is 0 Å². The third-order valence-electron chi connectivity index (χ3n) is 0.354. The summed E-state index contributed by atoms with van der Waals surface area (Å²) in [6.45, 7) is 5.72. The summed E-state index contributed by atoms with van der Waals surface area (Å²) in [7, 11) is 0.